The lowest BCUT2D eigenvalue weighted by Gasteiger charge is -2.23. The van der Waals surface area contributed by atoms with E-state index in [1.165, 1.54) is 0 Å². The molecule has 4 heteroatoms. The summed E-state index contributed by atoms with van der Waals surface area (Å²) in [6, 6.07) is 0.229. The number of aliphatic carboxylic acids is 1. The second kappa shape index (κ2) is 6.15. The van der Waals surface area contributed by atoms with Gasteiger partial charge in [-0.05, 0) is 43.4 Å². The monoisotopic (exact) mass is 281 g/mol. The van der Waals surface area contributed by atoms with Crippen molar-refractivity contribution in [3.05, 3.63) is 0 Å². The molecule has 1 amide bonds. The smallest absolute Gasteiger partial charge is 0.307 e. The SMILES string of the molecule is CCC1CC(C(=O)O)C(C(=O)NC2CCC(C)C2C)C1. The molecule has 4 nitrogen and oxygen atoms in total. The summed E-state index contributed by atoms with van der Waals surface area (Å²) in [5.41, 5.74) is 0. The molecule has 0 aromatic carbocycles. The number of rotatable bonds is 4. The summed E-state index contributed by atoms with van der Waals surface area (Å²) in [6.45, 7) is 6.48. The van der Waals surface area contributed by atoms with Gasteiger partial charge in [0.05, 0.1) is 11.8 Å². The lowest BCUT2D eigenvalue weighted by atomic mass is 9.93. The maximum absolute atomic E-state index is 12.5. The molecule has 0 aliphatic heterocycles. The van der Waals surface area contributed by atoms with Crippen LogP contribution in [0.4, 0.5) is 0 Å². The largest absolute Gasteiger partial charge is 0.481 e. The van der Waals surface area contributed by atoms with E-state index in [4.69, 9.17) is 0 Å². The molecule has 6 unspecified atom stereocenters. The lowest BCUT2D eigenvalue weighted by molar-refractivity contribution is -0.146. The first kappa shape index (κ1) is 15.3. The fraction of sp³-hybridized carbons (Fsp3) is 0.875. The van der Waals surface area contributed by atoms with Gasteiger partial charge < -0.3 is 10.4 Å². The summed E-state index contributed by atoms with van der Waals surface area (Å²) < 4.78 is 0. The molecule has 0 radical (unpaired) electrons. The second-order valence-corrected chi connectivity index (χ2v) is 6.83. The summed E-state index contributed by atoms with van der Waals surface area (Å²) in [7, 11) is 0. The van der Waals surface area contributed by atoms with Crippen LogP contribution in [0.1, 0.15) is 52.9 Å². The number of hydrogen-bond acceptors (Lipinski definition) is 2. The quantitative estimate of drug-likeness (QED) is 0.832. The first-order chi connectivity index (χ1) is 9.43. The van der Waals surface area contributed by atoms with E-state index < -0.39 is 11.9 Å². The fourth-order valence-electron chi connectivity index (χ4n) is 3.90. The van der Waals surface area contributed by atoms with Crippen molar-refractivity contribution in [3.63, 3.8) is 0 Å². The van der Waals surface area contributed by atoms with Gasteiger partial charge in [0.2, 0.25) is 5.91 Å². The predicted molar refractivity (Wildman–Crippen MR) is 77.1 cm³/mol. The van der Waals surface area contributed by atoms with Gasteiger partial charge in [-0.15, -0.1) is 0 Å². The first-order valence-electron chi connectivity index (χ1n) is 7.97. The van der Waals surface area contributed by atoms with Crippen LogP contribution in [0, 0.1) is 29.6 Å². The molecule has 2 saturated carbocycles. The van der Waals surface area contributed by atoms with Gasteiger partial charge >= 0.3 is 5.97 Å². The molecule has 0 heterocycles. The van der Waals surface area contributed by atoms with Crippen molar-refractivity contribution in [1.82, 2.24) is 5.32 Å². The number of hydrogen-bond donors (Lipinski definition) is 2. The number of carbonyl (C=O) groups is 2. The Labute approximate surface area is 121 Å². The van der Waals surface area contributed by atoms with Gasteiger partial charge in [0.1, 0.15) is 0 Å². The van der Waals surface area contributed by atoms with Crippen molar-refractivity contribution >= 4 is 11.9 Å². The van der Waals surface area contributed by atoms with Crippen LogP contribution in [0.5, 0.6) is 0 Å². The molecule has 0 bridgehead atoms. The minimum atomic E-state index is -0.811. The Kier molecular flexibility index (Phi) is 4.71. The van der Waals surface area contributed by atoms with E-state index >= 15 is 0 Å². The average molecular weight is 281 g/mol. The summed E-state index contributed by atoms with van der Waals surface area (Å²) in [4.78, 5) is 23.8. The van der Waals surface area contributed by atoms with E-state index in [2.05, 4.69) is 26.1 Å². The van der Waals surface area contributed by atoms with Gasteiger partial charge in [-0.1, -0.05) is 27.2 Å². The topological polar surface area (TPSA) is 66.4 Å². The van der Waals surface area contributed by atoms with Crippen LogP contribution < -0.4 is 5.32 Å². The molecule has 0 aromatic rings. The fourth-order valence-corrected chi connectivity index (χ4v) is 3.90. The van der Waals surface area contributed by atoms with Crippen LogP contribution in [0.2, 0.25) is 0 Å². The van der Waals surface area contributed by atoms with Crippen molar-refractivity contribution in [1.29, 1.82) is 0 Å². The third-order valence-corrected chi connectivity index (χ3v) is 5.68. The zero-order valence-electron chi connectivity index (χ0n) is 12.8. The highest BCUT2D eigenvalue weighted by molar-refractivity contribution is 5.85. The number of nitrogens with one attached hydrogen (secondary N) is 1. The van der Waals surface area contributed by atoms with E-state index in [1.807, 2.05) is 0 Å². The Morgan fingerprint density at radius 2 is 1.80 bits per heavy atom. The van der Waals surface area contributed by atoms with E-state index in [9.17, 15) is 14.7 Å². The molecule has 2 aliphatic rings. The minimum Gasteiger partial charge on any atom is -0.481 e. The Bertz CT molecular complexity index is 382. The van der Waals surface area contributed by atoms with Crippen LogP contribution in [0.15, 0.2) is 0 Å². The Balaban J connectivity index is 1.99. The maximum Gasteiger partial charge on any atom is 0.307 e. The van der Waals surface area contributed by atoms with Gasteiger partial charge in [-0.3, -0.25) is 9.59 Å². The van der Waals surface area contributed by atoms with E-state index in [0.29, 0.717) is 24.2 Å². The third-order valence-electron chi connectivity index (χ3n) is 5.68. The van der Waals surface area contributed by atoms with Crippen molar-refractivity contribution in [2.45, 2.75) is 58.9 Å². The average Bonchev–Trinajstić information content (AvgIpc) is 2.97. The zero-order valence-corrected chi connectivity index (χ0v) is 12.8. The standard InChI is InChI=1S/C16H27NO3/c1-4-11-7-12(13(8-11)16(19)20)15(18)17-14-6-5-9(2)10(14)3/h9-14H,4-8H2,1-3H3,(H,17,18)(H,19,20). The zero-order chi connectivity index (χ0) is 14.9. The Morgan fingerprint density at radius 1 is 1.15 bits per heavy atom. The summed E-state index contributed by atoms with van der Waals surface area (Å²) >= 11 is 0. The highest BCUT2D eigenvalue weighted by atomic mass is 16.4. The second-order valence-electron chi connectivity index (χ2n) is 6.83. The molecule has 2 fully saturated rings. The number of carboxylic acid groups (broad SMARTS) is 1. The number of amides is 1. The highest BCUT2D eigenvalue weighted by Gasteiger charge is 2.43. The van der Waals surface area contributed by atoms with Crippen molar-refractivity contribution in [2.24, 2.45) is 29.6 Å². The predicted octanol–water partition coefficient (Wildman–Crippen LogP) is 2.67. The van der Waals surface area contributed by atoms with Crippen molar-refractivity contribution in [2.75, 3.05) is 0 Å². The van der Waals surface area contributed by atoms with Crippen LogP contribution in [-0.2, 0) is 9.59 Å². The third kappa shape index (κ3) is 2.99. The van der Waals surface area contributed by atoms with Crippen LogP contribution in [0.3, 0.4) is 0 Å². The molecular formula is C16H27NO3. The molecule has 2 rings (SSSR count). The van der Waals surface area contributed by atoms with E-state index in [0.717, 1.165) is 25.7 Å². The minimum absolute atomic E-state index is 0.0284. The molecule has 2 aliphatic carbocycles. The molecule has 2 N–H and O–H groups in total. The highest BCUT2D eigenvalue weighted by Crippen LogP contribution is 2.39. The molecule has 0 aromatic heterocycles. The van der Waals surface area contributed by atoms with Crippen LogP contribution in [-0.4, -0.2) is 23.0 Å². The molecule has 114 valence electrons. The van der Waals surface area contributed by atoms with Crippen LogP contribution in [0.25, 0.3) is 0 Å². The summed E-state index contributed by atoms with van der Waals surface area (Å²) in [5.74, 6) is -0.150. The Morgan fingerprint density at radius 3 is 2.30 bits per heavy atom. The first-order valence-corrected chi connectivity index (χ1v) is 7.97. The number of carboxylic acids is 1. The summed E-state index contributed by atoms with van der Waals surface area (Å²) in [6.07, 6.45) is 4.52. The van der Waals surface area contributed by atoms with Gasteiger partial charge in [0, 0.05) is 6.04 Å². The summed E-state index contributed by atoms with van der Waals surface area (Å²) in [5, 5.41) is 12.4. The van der Waals surface area contributed by atoms with Gasteiger partial charge in [-0.25, -0.2) is 0 Å². The van der Waals surface area contributed by atoms with E-state index in [1.54, 1.807) is 0 Å². The van der Waals surface area contributed by atoms with E-state index in [-0.39, 0.29) is 17.9 Å². The van der Waals surface area contributed by atoms with Gasteiger partial charge in [0.25, 0.3) is 0 Å². The molecule has 0 spiro atoms. The maximum atomic E-state index is 12.5. The molecule has 20 heavy (non-hydrogen) atoms. The lowest BCUT2D eigenvalue weighted by Crippen LogP contribution is -2.42. The normalized spacial score (nSPS) is 40.8. The van der Waals surface area contributed by atoms with Crippen LogP contribution >= 0.6 is 0 Å². The van der Waals surface area contributed by atoms with Gasteiger partial charge in [-0.2, -0.15) is 0 Å². The Hall–Kier alpha value is -1.06. The molecule has 0 saturated heterocycles. The van der Waals surface area contributed by atoms with Crippen molar-refractivity contribution in [3.8, 4) is 0 Å². The van der Waals surface area contributed by atoms with Crippen molar-refractivity contribution < 1.29 is 14.7 Å². The van der Waals surface area contributed by atoms with Gasteiger partial charge in [0.15, 0.2) is 0 Å². The molecular weight excluding hydrogens is 254 g/mol. The molecule has 6 atom stereocenters. The number of carbonyl (C=O) groups excluding carboxylic acids is 1.